The number of unbranched alkanes of at least 4 members (excludes halogenated alkanes) is 4. The molecule has 0 radical (unpaired) electrons. The van der Waals surface area contributed by atoms with Gasteiger partial charge in [-0.15, -0.1) is 0 Å². The Morgan fingerprint density at radius 1 is 0.547 bits per heavy atom. The van der Waals surface area contributed by atoms with Gasteiger partial charge < -0.3 is 37.9 Å². The number of benzene rings is 3. The van der Waals surface area contributed by atoms with E-state index >= 15 is 4.39 Å². The van der Waals surface area contributed by atoms with Gasteiger partial charge in [-0.1, -0.05) is 76.6 Å². The van der Waals surface area contributed by atoms with E-state index in [1.54, 1.807) is 24.3 Å². The lowest BCUT2D eigenvalue weighted by Crippen LogP contribution is -2.45. The van der Waals surface area contributed by atoms with Crippen LogP contribution in [-0.4, -0.2) is 82.4 Å². The number of hydrogen-bond donors (Lipinski definition) is 0. The van der Waals surface area contributed by atoms with Crippen molar-refractivity contribution in [1.82, 2.24) is 0 Å². The van der Waals surface area contributed by atoms with Gasteiger partial charge in [-0.2, -0.15) is 0 Å². The molecule has 0 unspecified atom stereocenters. The monoisotopic (exact) mass is 888 g/mol. The van der Waals surface area contributed by atoms with Crippen molar-refractivity contribution in [1.29, 1.82) is 0 Å². The van der Waals surface area contributed by atoms with Crippen LogP contribution in [0.4, 0.5) is 4.39 Å². The third-order valence-electron chi connectivity index (χ3n) is 9.37. The van der Waals surface area contributed by atoms with Gasteiger partial charge in [0.05, 0.1) is 14.2 Å². The van der Waals surface area contributed by atoms with E-state index in [4.69, 9.17) is 28.4 Å². The minimum absolute atomic E-state index is 0.00561. The van der Waals surface area contributed by atoms with Crippen molar-refractivity contribution in [3.8, 4) is 39.5 Å². The minimum atomic E-state index is -1.75. The van der Waals surface area contributed by atoms with Crippen LogP contribution in [0.15, 0.2) is 91.1 Å². The molecule has 15 nitrogen and oxygen atoms in total. The quantitative estimate of drug-likeness (QED) is 0.0240. The fraction of sp³-hybridized carbons (Fsp3) is 0.354. The highest BCUT2D eigenvalue weighted by Gasteiger charge is 2.39. The molecule has 0 amide bonds. The normalized spacial score (nSPS) is 10.7. The van der Waals surface area contributed by atoms with Crippen LogP contribution in [0.5, 0.6) is 17.2 Å². The van der Waals surface area contributed by atoms with Gasteiger partial charge in [0.15, 0.2) is 0 Å². The molecule has 0 aliphatic carbocycles. The van der Waals surface area contributed by atoms with Gasteiger partial charge in [0.2, 0.25) is 0 Å². The summed E-state index contributed by atoms with van der Waals surface area (Å²) in [5.41, 5.74) is -0.0320. The standard InChI is InChI=1S/C48H53FO15/c1-10-11-12-13-14-15-32-16-21-35(38(49)22-32)37-24-39(63-42(51)30(4)5)36(23-40(37)64-43(52)31(6)7)33-17-19-34(20-18-33)59-25-48(26-60-41(50)29(2)3,27-61-46(55)44(53)57-8)28-62-47(56)45(54)58-9/h16-24H,2,4,6,10-15,25-28H2,1,3,5,7-9H3. The maximum absolute atomic E-state index is 16.0. The minimum Gasteiger partial charge on any atom is -0.493 e. The molecule has 0 aliphatic heterocycles. The van der Waals surface area contributed by atoms with Gasteiger partial charge in [0.25, 0.3) is 0 Å². The molecule has 3 aromatic rings. The highest BCUT2D eigenvalue weighted by Crippen LogP contribution is 2.43. The zero-order valence-corrected chi connectivity index (χ0v) is 36.9. The Morgan fingerprint density at radius 2 is 1.03 bits per heavy atom. The molecule has 3 rings (SSSR count). The molecule has 0 atom stereocenters. The van der Waals surface area contributed by atoms with Gasteiger partial charge in [0.1, 0.15) is 54.9 Å². The van der Waals surface area contributed by atoms with E-state index in [9.17, 15) is 33.6 Å². The Kier molecular flexibility index (Phi) is 19.6. The molecule has 0 bridgehead atoms. The number of methoxy groups -OCH3 is 2. The lowest BCUT2D eigenvalue weighted by Gasteiger charge is -2.31. The molecule has 0 spiro atoms. The largest absolute Gasteiger partial charge is 0.493 e. The van der Waals surface area contributed by atoms with Crippen molar-refractivity contribution in [2.24, 2.45) is 5.41 Å². The van der Waals surface area contributed by atoms with Crippen molar-refractivity contribution < 1.29 is 75.8 Å². The maximum Gasteiger partial charge on any atom is 0.417 e. The summed E-state index contributed by atoms with van der Waals surface area (Å²) in [6, 6.07) is 13.6. The second-order valence-electron chi connectivity index (χ2n) is 15.0. The number of rotatable bonds is 22. The lowest BCUT2D eigenvalue weighted by molar-refractivity contribution is -0.177. The Hall–Kier alpha value is -7.10. The number of carbonyl (C=O) groups excluding carboxylic acids is 7. The lowest BCUT2D eigenvalue weighted by atomic mass is 9.92. The van der Waals surface area contributed by atoms with Crippen molar-refractivity contribution in [2.45, 2.75) is 66.2 Å². The zero-order chi connectivity index (χ0) is 47.6. The first-order chi connectivity index (χ1) is 30.3. The maximum atomic E-state index is 16.0. The highest BCUT2D eigenvalue weighted by atomic mass is 19.1. The first-order valence-electron chi connectivity index (χ1n) is 20.1. The van der Waals surface area contributed by atoms with Crippen molar-refractivity contribution in [2.75, 3.05) is 40.6 Å². The van der Waals surface area contributed by atoms with Crippen molar-refractivity contribution in [3.05, 3.63) is 102 Å². The van der Waals surface area contributed by atoms with Gasteiger partial charge in [-0.25, -0.2) is 38.0 Å². The number of halogens is 1. The van der Waals surface area contributed by atoms with Crippen LogP contribution in [0, 0.1) is 11.2 Å². The van der Waals surface area contributed by atoms with Gasteiger partial charge >= 0.3 is 41.8 Å². The van der Waals surface area contributed by atoms with E-state index in [0.717, 1.165) is 51.9 Å². The Labute approximate surface area is 371 Å². The second-order valence-corrected chi connectivity index (χ2v) is 15.0. The SMILES string of the molecule is C=C(C)C(=O)OCC(COC(=O)C(=O)OC)(COC(=O)C(=O)OC)COc1ccc(-c2cc(OC(=O)C(=C)C)c(-c3ccc(CCCCCCC)cc3F)cc2OC(=O)C(=C)C)cc1. The summed E-state index contributed by atoms with van der Waals surface area (Å²) in [7, 11) is 1.89. The average molecular weight is 889 g/mol. The Morgan fingerprint density at radius 3 is 1.52 bits per heavy atom. The van der Waals surface area contributed by atoms with Crippen LogP contribution in [0.1, 0.15) is 65.4 Å². The van der Waals surface area contributed by atoms with Crippen molar-refractivity contribution in [3.63, 3.8) is 0 Å². The predicted molar refractivity (Wildman–Crippen MR) is 230 cm³/mol. The molecule has 64 heavy (non-hydrogen) atoms. The molecular weight excluding hydrogens is 836 g/mol. The van der Waals surface area contributed by atoms with E-state index in [0.29, 0.717) is 12.0 Å². The molecule has 0 heterocycles. The summed E-state index contributed by atoms with van der Waals surface area (Å²) >= 11 is 0. The summed E-state index contributed by atoms with van der Waals surface area (Å²) in [6.45, 7) is 14.6. The molecule has 0 aliphatic rings. The molecule has 3 aromatic carbocycles. The Bertz CT molecular complexity index is 2220. The van der Waals surface area contributed by atoms with Crippen molar-refractivity contribution >= 4 is 41.8 Å². The number of aryl methyl sites for hydroxylation is 1. The van der Waals surface area contributed by atoms with Crippen LogP contribution in [0.25, 0.3) is 22.3 Å². The molecule has 0 fully saturated rings. The number of hydrogen-bond acceptors (Lipinski definition) is 15. The van der Waals surface area contributed by atoms with Crippen LogP contribution < -0.4 is 14.2 Å². The molecule has 342 valence electrons. The predicted octanol–water partition coefficient (Wildman–Crippen LogP) is 7.55. The highest BCUT2D eigenvalue weighted by molar-refractivity contribution is 6.30. The van der Waals surface area contributed by atoms with Gasteiger partial charge in [-0.05, 0) is 75.1 Å². The number of esters is 7. The number of carbonyl (C=O) groups is 7. The van der Waals surface area contributed by atoms with E-state index in [1.165, 1.54) is 51.1 Å². The second kappa shape index (κ2) is 24.5. The average Bonchev–Trinajstić information content (AvgIpc) is 3.27. The van der Waals surface area contributed by atoms with Gasteiger partial charge in [-0.3, -0.25) is 0 Å². The summed E-state index contributed by atoms with van der Waals surface area (Å²) in [4.78, 5) is 86.7. The van der Waals surface area contributed by atoms with Crippen LogP contribution in [-0.2, 0) is 63.7 Å². The first kappa shape index (κ1) is 51.3. The van der Waals surface area contributed by atoms with Crippen LogP contribution in [0.2, 0.25) is 0 Å². The van der Waals surface area contributed by atoms with E-state index in [-0.39, 0.29) is 50.7 Å². The molecule has 0 saturated heterocycles. The fourth-order valence-electron chi connectivity index (χ4n) is 5.68. The third-order valence-corrected chi connectivity index (χ3v) is 9.37. The molecular formula is C48H53FO15. The fourth-order valence-corrected chi connectivity index (χ4v) is 5.68. The third kappa shape index (κ3) is 15.1. The molecule has 0 saturated carbocycles. The zero-order valence-electron chi connectivity index (χ0n) is 36.9. The molecule has 0 aromatic heterocycles. The summed E-state index contributed by atoms with van der Waals surface area (Å²) < 4.78 is 57.8. The van der Waals surface area contributed by atoms with Gasteiger partial charge in [0, 0.05) is 33.4 Å². The number of ether oxygens (including phenoxy) is 8. The summed E-state index contributed by atoms with van der Waals surface area (Å²) in [6.07, 6.45) is 5.91. The Balaban J connectivity index is 2.11. The summed E-state index contributed by atoms with van der Waals surface area (Å²) in [5, 5.41) is 0. The smallest absolute Gasteiger partial charge is 0.417 e. The van der Waals surface area contributed by atoms with E-state index in [2.05, 4.69) is 36.1 Å². The first-order valence-corrected chi connectivity index (χ1v) is 20.1. The summed E-state index contributed by atoms with van der Waals surface area (Å²) in [5.74, 6) is -8.60. The molecule has 0 N–H and O–H groups in total. The van der Waals surface area contributed by atoms with E-state index in [1.807, 2.05) is 0 Å². The van der Waals surface area contributed by atoms with Crippen LogP contribution in [0.3, 0.4) is 0 Å². The van der Waals surface area contributed by atoms with E-state index < -0.39 is 79.4 Å². The van der Waals surface area contributed by atoms with Crippen LogP contribution >= 0.6 is 0 Å². The molecule has 16 heteroatoms. The topological polar surface area (TPSA) is 193 Å².